The van der Waals surface area contributed by atoms with E-state index in [0.717, 1.165) is 36.4 Å². The highest BCUT2D eigenvalue weighted by Gasteiger charge is 2.21. The fraction of sp³-hybridized carbons (Fsp3) is 0. The number of para-hydroxylation sites is 1. The normalized spacial score (nSPS) is 11.0. The number of nitrogens with one attached hydrogen (secondary N) is 4. The van der Waals surface area contributed by atoms with Gasteiger partial charge in [0.2, 0.25) is 11.8 Å². The van der Waals surface area contributed by atoms with Crippen molar-refractivity contribution in [3.8, 4) is 22.6 Å². The Morgan fingerprint density at radius 1 is 0.432 bits per heavy atom. The van der Waals surface area contributed by atoms with Crippen LogP contribution in [0.5, 0.6) is 0 Å². The number of carbonyl (C=O) groups is 4. The van der Waals surface area contributed by atoms with E-state index >= 15 is 0 Å². The molecule has 0 spiro atoms. The molecule has 1 aromatic heterocycles. The summed E-state index contributed by atoms with van der Waals surface area (Å²) in [5, 5.41) is 56.3. The molecule has 0 bridgehead atoms. The monoisotopic (exact) mass is 990 g/mol. The molecule has 0 radical (unpaired) electrons. The molecule has 4 N–H and O–H groups in total. The van der Waals surface area contributed by atoms with Crippen molar-refractivity contribution < 1.29 is 38.9 Å². The SMILES string of the molecule is O=C(/C=C/c1ccc([N+](=O)[O-])cc1)Nc1cc([N+](=O)[O-])ccc1C(=O)Nc1ccc(-c2nc(-c3ccc(NC(=O)c4ccc([N+](=O)[O-])cc4NC(=O)/C=C/c4ccc([N+](=O)[O-])cc4)cc3)c3ccccc3n2)cc1. The van der Waals surface area contributed by atoms with E-state index in [0.29, 0.717) is 56.0 Å². The van der Waals surface area contributed by atoms with Gasteiger partial charge in [0.1, 0.15) is 0 Å². The summed E-state index contributed by atoms with van der Waals surface area (Å²) in [6.07, 6.45) is 4.98. The molecule has 4 amide bonds. The summed E-state index contributed by atoms with van der Waals surface area (Å²) < 4.78 is 0. The van der Waals surface area contributed by atoms with Crippen molar-refractivity contribution in [2.24, 2.45) is 0 Å². The summed E-state index contributed by atoms with van der Waals surface area (Å²) in [7, 11) is 0. The average molecular weight is 991 g/mol. The summed E-state index contributed by atoms with van der Waals surface area (Å²) in [6, 6.07) is 38.1. The van der Waals surface area contributed by atoms with Crippen molar-refractivity contribution in [2.75, 3.05) is 21.3 Å². The van der Waals surface area contributed by atoms with Crippen molar-refractivity contribution in [1.29, 1.82) is 0 Å². The highest BCUT2D eigenvalue weighted by Crippen LogP contribution is 2.32. The highest BCUT2D eigenvalue weighted by atomic mass is 16.6. The number of non-ortho nitro benzene ring substituents is 4. The molecule has 8 rings (SSSR count). The van der Waals surface area contributed by atoms with Crippen LogP contribution in [0, 0.1) is 40.5 Å². The molecular formula is C52H34N10O12. The van der Waals surface area contributed by atoms with Crippen LogP contribution in [-0.4, -0.2) is 53.3 Å². The molecule has 0 fully saturated rings. The van der Waals surface area contributed by atoms with Crippen LogP contribution in [-0.2, 0) is 9.59 Å². The van der Waals surface area contributed by atoms with Crippen LogP contribution in [0.15, 0.2) is 170 Å². The second-order valence-electron chi connectivity index (χ2n) is 15.8. The van der Waals surface area contributed by atoms with Crippen LogP contribution in [0.2, 0.25) is 0 Å². The first-order chi connectivity index (χ1) is 35.6. The molecule has 0 aliphatic rings. The smallest absolute Gasteiger partial charge is 0.271 e. The topological polar surface area (TPSA) is 315 Å². The molecule has 8 aromatic rings. The molecule has 1 heterocycles. The minimum Gasteiger partial charge on any atom is -0.322 e. The van der Waals surface area contributed by atoms with Crippen LogP contribution in [0.3, 0.4) is 0 Å². The second-order valence-corrected chi connectivity index (χ2v) is 15.8. The highest BCUT2D eigenvalue weighted by molar-refractivity contribution is 6.13. The minimum absolute atomic E-state index is 0.0819. The van der Waals surface area contributed by atoms with Gasteiger partial charge in [-0.15, -0.1) is 0 Å². The van der Waals surface area contributed by atoms with Gasteiger partial charge in [-0.2, -0.15) is 0 Å². The van der Waals surface area contributed by atoms with E-state index in [1.165, 1.54) is 72.8 Å². The first kappa shape index (κ1) is 49.3. The maximum atomic E-state index is 13.6. The van der Waals surface area contributed by atoms with Gasteiger partial charge in [-0.3, -0.25) is 59.6 Å². The number of nitrogens with zero attached hydrogens (tertiary/aromatic N) is 6. The van der Waals surface area contributed by atoms with Crippen molar-refractivity contribution in [1.82, 2.24) is 9.97 Å². The van der Waals surface area contributed by atoms with E-state index in [4.69, 9.17) is 9.97 Å². The fourth-order valence-corrected chi connectivity index (χ4v) is 7.24. The number of nitro groups is 4. The molecule has 0 unspecified atom stereocenters. The van der Waals surface area contributed by atoms with Crippen LogP contribution < -0.4 is 21.3 Å². The summed E-state index contributed by atoms with van der Waals surface area (Å²) >= 11 is 0. The maximum absolute atomic E-state index is 13.6. The zero-order chi connectivity index (χ0) is 52.5. The minimum atomic E-state index is -0.729. The van der Waals surface area contributed by atoms with Gasteiger partial charge in [0, 0.05) is 88.6 Å². The van der Waals surface area contributed by atoms with Crippen LogP contribution in [0.25, 0.3) is 45.7 Å². The molecule has 0 aliphatic carbocycles. The van der Waals surface area contributed by atoms with E-state index in [1.54, 1.807) is 48.5 Å². The zero-order valence-corrected chi connectivity index (χ0v) is 37.9. The molecule has 0 saturated heterocycles. The number of hydrogen-bond donors (Lipinski definition) is 4. The molecule has 74 heavy (non-hydrogen) atoms. The quantitative estimate of drug-likeness (QED) is 0.0397. The average Bonchev–Trinajstić information content (AvgIpc) is 3.39. The van der Waals surface area contributed by atoms with Crippen molar-refractivity contribution in [3.63, 3.8) is 0 Å². The lowest BCUT2D eigenvalue weighted by Crippen LogP contribution is -2.17. The number of rotatable bonds is 16. The molecule has 22 heteroatoms. The Morgan fingerprint density at radius 3 is 1.27 bits per heavy atom. The number of fused-ring (bicyclic) bond motifs is 1. The van der Waals surface area contributed by atoms with E-state index in [1.807, 2.05) is 24.3 Å². The van der Waals surface area contributed by atoms with Gasteiger partial charge in [-0.25, -0.2) is 9.97 Å². The second kappa shape index (κ2) is 21.6. The molecule has 0 atom stereocenters. The first-order valence-corrected chi connectivity index (χ1v) is 21.7. The third-order valence-electron chi connectivity index (χ3n) is 10.9. The van der Waals surface area contributed by atoms with Gasteiger partial charge in [-0.05, 0) is 102 Å². The summed E-state index contributed by atoms with van der Waals surface area (Å²) in [4.78, 5) is 105. The predicted molar refractivity (Wildman–Crippen MR) is 274 cm³/mol. The Hall–Kier alpha value is -11.2. The Morgan fingerprint density at radius 2 is 0.838 bits per heavy atom. The predicted octanol–water partition coefficient (Wildman–Crippen LogP) is 10.4. The summed E-state index contributed by atoms with van der Waals surface area (Å²) in [5.41, 5.74) is 2.45. The zero-order valence-electron chi connectivity index (χ0n) is 37.9. The van der Waals surface area contributed by atoms with Crippen LogP contribution in [0.1, 0.15) is 31.8 Å². The van der Waals surface area contributed by atoms with Crippen molar-refractivity contribution >= 4 is 92.2 Å². The van der Waals surface area contributed by atoms with E-state index < -0.39 is 43.3 Å². The summed E-state index contributed by atoms with van der Waals surface area (Å²) in [6.45, 7) is 0. The van der Waals surface area contributed by atoms with Crippen molar-refractivity contribution in [3.05, 3.63) is 233 Å². The third kappa shape index (κ3) is 11.8. The largest absolute Gasteiger partial charge is 0.322 e. The van der Waals surface area contributed by atoms with E-state index in [2.05, 4.69) is 21.3 Å². The van der Waals surface area contributed by atoms with E-state index in [9.17, 15) is 59.6 Å². The fourth-order valence-electron chi connectivity index (χ4n) is 7.24. The number of benzene rings is 7. The lowest BCUT2D eigenvalue weighted by atomic mass is 10.0. The Kier molecular flexibility index (Phi) is 14.4. The number of nitro benzene ring substituents is 4. The van der Waals surface area contributed by atoms with Gasteiger partial charge in [0.25, 0.3) is 34.6 Å². The van der Waals surface area contributed by atoms with E-state index in [-0.39, 0.29) is 45.3 Å². The van der Waals surface area contributed by atoms with Crippen LogP contribution in [0.4, 0.5) is 45.5 Å². The van der Waals surface area contributed by atoms with Gasteiger partial charge in [0.05, 0.1) is 53.4 Å². The number of amides is 4. The number of carbonyl (C=O) groups excluding carboxylic acids is 4. The molecular weight excluding hydrogens is 957 g/mol. The number of anilines is 4. The first-order valence-electron chi connectivity index (χ1n) is 21.7. The Bertz CT molecular complexity index is 3640. The Labute approximate surface area is 416 Å². The maximum Gasteiger partial charge on any atom is 0.271 e. The van der Waals surface area contributed by atoms with Gasteiger partial charge >= 0.3 is 0 Å². The van der Waals surface area contributed by atoms with Gasteiger partial charge in [-0.1, -0.05) is 30.3 Å². The third-order valence-corrected chi connectivity index (χ3v) is 10.9. The van der Waals surface area contributed by atoms with Gasteiger partial charge in [0.15, 0.2) is 5.82 Å². The molecule has 22 nitrogen and oxygen atoms in total. The van der Waals surface area contributed by atoms with Crippen molar-refractivity contribution in [2.45, 2.75) is 0 Å². The standard InChI is InChI=1S/C52H34N10O12/c63-47(27-9-31-5-19-37(20-6-31)59(67)68)55-45-29-39(61(71)72)23-25-42(45)51(65)53-35-15-11-33(12-16-35)49-41-3-1-2-4-44(41)57-50(58-49)34-13-17-36(18-14-34)54-52(66)43-26-24-40(62(73)74)30-46(43)56-48(64)28-10-32-7-21-38(22-8-32)60(69)70/h1-30H,(H,53,65)(H,54,66)(H,55,63)(H,56,64)/b27-9+,28-10+. The molecule has 364 valence electrons. The lowest BCUT2D eigenvalue weighted by molar-refractivity contribution is -0.385. The number of aromatic nitrogens is 2. The molecule has 7 aromatic carbocycles. The molecule has 0 aliphatic heterocycles. The Balaban J connectivity index is 0.970. The molecule has 0 saturated carbocycles. The summed E-state index contributed by atoms with van der Waals surface area (Å²) in [5.74, 6) is -2.52. The lowest BCUT2D eigenvalue weighted by Gasteiger charge is -2.13. The van der Waals surface area contributed by atoms with Gasteiger partial charge < -0.3 is 21.3 Å². The van der Waals surface area contributed by atoms with Crippen LogP contribution >= 0.6 is 0 Å². The number of hydrogen-bond acceptors (Lipinski definition) is 14.